The van der Waals surface area contributed by atoms with Gasteiger partial charge in [-0.3, -0.25) is 19.1 Å². The third kappa shape index (κ3) is 5.51. The highest BCUT2D eigenvalue weighted by atomic mass is 32.2. The van der Waals surface area contributed by atoms with Crippen LogP contribution in [0.4, 0.5) is 0 Å². The van der Waals surface area contributed by atoms with Crippen molar-refractivity contribution in [2.45, 2.75) is 82.7 Å². The highest BCUT2D eigenvalue weighted by molar-refractivity contribution is 7.99. The molecule has 1 N–H and O–H groups in total. The second-order valence-corrected chi connectivity index (χ2v) is 9.97. The van der Waals surface area contributed by atoms with Crippen LogP contribution in [0.25, 0.3) is 10.9 Å². The minimum Gasteiger partial charge on any atom is -0.337 e. The van der Waals surface area contributed by atoms with Gasteiger partial charge in [-0.2, -0.15) is 5.26 Å². The van der Waals surface area contributed by atoms with Gasteiger partial charge in [0, 0.05) is 25.2 Å². The van der Waals surface area contributed by atoms with E-state index < -0.39 is 5.54 Å². The average Bonchev–Trinajstić information content (AvgIpc) is 3.22. The fourth-order valence-corrected chi connectivity index (χ4v) is 5.28. The number of nitrogens with zero attached hydrogens (tertiary/aromatic N) is 4. The van der Waals surface area contributed by atoms with Crippen molar-refractivity contribution in [3.05, 3.63) is 34.6 Å². The Morgan fingerprint density at radius 3 is 2.53 bits per heavy atom. The molecule has 0 atom stereocenters. The van der Waals surface area contributed by atoms with E-state index in [9.17, 15) is 14.9 Å². The van der Waals surface area contributed by atoms with Crippen molar-refractivity contribution in [2.75, 3.05) is 12.3 Å². The number of fused-ring (bicyclic) bond motifs is 1. The summed E-state index contributed by atoms with van der Waals surface area (Å²) in [5.41, 5.74) is -0.204. The molecule has 0 saturated heterocycles. The number of benzene rings is 1. The molecule has 2 aromatic rings. The van der Waals surface area contributed by atoms with Crippen molar-refractivity contribution in [3.8, 4) is 6.07 Å². The number of carbonyl (C=O) groups excluding carboxylic acids is 1. The molecular weight excluding hydrogens is 422 g/mol. The van der Waals surface area contributed by atoms with E-state index in [0.717, 1.165) is 12.8 Å². The molecule has 0 bridgehead atoms. The van der Waals surface area contributed by atoms with Crippen LogP contribution in [-0.2, 0) is 11.3 Å². The summed E-state index contributed by atoms with van der Waals surface area (Å²) in [7, 11) is 0. The number of thioether (sulfide) groups is 1. The molecule has 1 saturated carbocycles. The zero-order valence-corrected chi connectivity index (χ0v) is 20.2. The molecule has 0 spiro atoms. The lowest BCUT2D eigenvalue weighted by molar-refractivity contribution is -0.119. The maximum absolute atomic E-state index is 13.3. The van der Waals surface area contributed by atoms with Crippen LogP contribution in [0.15, 0.2) is 34.2 Å². The lowest BCUT2D eigenvalue weighted by Crippen LogP contribution is -2.46. The number of nitrogens with one attached hydrogen (secondary N) is 1. The number of nitriles is 1. The first kappa shape index (κ1) is 24.3. The summed E-state index contributed by atoms with van der Waals surface area (Å²) >= 11 is 1.26. The van der Waals surface area contributed by atoms with E-state index in [2.05, 4.69) is 44.0 Å². The third-order valence-electron chi connectivity index (χ3n) is 6.12. The van der Waals surface area contributed by atoms with Crippen LogP contribution in [0.2, 0.25) is 0 Å². The van der Waals surface area contributed by atoms with Crippen molar-refractivity contribution < 1.29 is 4.79 Å². The number of carbonyl (C=O) groups is 1. The largest absolute Gasteiger partial charge is 0.337 e. The number of aromatic nitrogens is 2. The van der Waals surface area contributed by atoms with Crippen LogP contribution in [0.3, 0.4) is 0 Å². The number of para-hydroxylation sites is 1. The molecule has 1 fully saturated rings. The summed E-state index contributed by atoms with van der Waals surface area (Å²) in [4.78, 5) is 32.9. The maximum Gasteiger partial charge on any atom is 0.262 e. The molecule has 1 amide bonds. The van der Waals surface area contributed by atoms with Gasteiger partial charge in [0.1, 0.15) is 5.54 Å². The summed E-state index contributed by atoms with van der Waals surface area (Å²) in [5, 5.41) is 13.6. The Morgan fingerprint density at radius 1 is 1.25 bits per heavy atom. The number of hydrogen-bond donors (Lipinski definition) is 1. The Hall–Kier alpha value is -2.37. The van der Waals surface area contributed by atoms with Crippen LogP contribution in [0.5, 0.6) is 0 Å². The van der Waals surface area contributed by atoms with Crippen molar-refractivity contribution >= 4 is 28.6 Å². The fraction of sp³-hybridized carbons (Fsp3) is 0.583. The third-order valence-corrected chi connectivity index (χ3v) is 7.09. The molecule has 8 heteroatoms. The quantitative estimate of drug-likeness (QED) is 0.459. The van der Waals surface area contributed by atoms with Gasteiger partial charge in [-0.1, -0.05) is 23.9 Å². The van der Waals surface area contributed by atoms with Gasteiger partial charge < -0.3 is 5.32 Å². The highest BCUT2D eigenvalue weighted by Gasteiger charge is 2.35. The molecule has 1 aromatic heterocycles. The molecule has 1 aromatic carbocycles. The lowest BCUT2D eigenvalue weighted by Gasteiger charge is -2.30. The minimum atomic E-state index is -0.747. The van der Waals surface area contributed by atoms with Gasteiger partial charge in [-0.25, -0.2) is 4.98 Å². The molecule has 1 heterocycles. The Balaban J connectivity index is 1.83. The maximum atomic E-state index is 13.3. The standard InChI is InChI=1S/C24H33N5O2S/c1-17(2)28(18(3)4)13-14-29-22(31)19-9-5-6-10-20(19)26-23(29)32-15-21(30)27-24(16-25)11-7-8-12-24/h5-6,9-10,17-18H,7-8,11-15H2,1-4H3,(H,27,30). The van der Waals surface area contributed by atoms with Gasteiger partial charge in [0.2, 0.25) is 5.91 Å². The number of hydrogen-bond acceptors (Lipinski definition) is 6. The molecular formula is C24H33N5O2S. The second-order valence-electron chi connectivity index (χ2n) is 9.03. The predicted octanol–water partition coefficient (Wildman–Crippen LogP) is 3.56. The monoisotopic (exact) mass is 455 g/mol. The first-order chi connectivity index (χ1) is 15.3. The van der Waals surface area contributed by atoms with Gasteiger partial charge in [0.05, 0.1) is 22.7 Å². The molecule has 1 aliphatic carbocycles. The number of amides is 1. The van der Waals surface area contributed by atoms with Crippen LogP contribution in [0, 0.1) is 11.3 Å². The Bertz CT molecular complexity index is 1040. The van der Waals surface area contributed by atoms with Crippen molar-refractivity contribution in [1.29, 1.82) is 5.26 Å². The lowest BCUT2D eigenvalue weighted by atomic mass is 10.0. The van der Waals surface area contributed by atoms with Gasteiger partial charge in [0.15, 0.2) is 5.16 Å². The highest BCUT2D eigenvalue weighted by Crippen LogP contribution is 2.29. The van der Waals surface area contributed by atoms with Gasteiger partial charge >= 0.3 is 0 Å². The van der Waals surface area contributed by atoms with Crippen molar-refractivity contribution in [2.24, 2.45) is 0 Å². The van der Waals surface area contributed by atoms with Crippen LogP contribution >= 0.6 is 11.8 Å². The first-order valence-electron chi connectivity index (χ1n) is 11.4. The average molecular weight is 456 g/mol. The molecule has 3 rings (SSSR count). The summed E-state index contributed by atoms with van der Waals surface area (Å²) < 4.78 is 1.69. The zero-order chi connectivity index (χ0) is 23.3. The first-order valence-corrected chi connectivity index (χ1v) is 12.4. The molecule has 172 valence electrons. The number of rotatable bonds is 9. The molecule has 32 heavy (non-hydrogen) atoms. The van der Waals surface area contributed by atoms with E-state index in [-0.39, 0.29) is 17.2 Å². The summed E-state index contributed by atoms with van der Waals surface area (Å²) in [5.74, 6) is -0.0786. The topological polar surface area (TPSA) is 91.0 Å². The molecule has 0 unspecified atom stereocenters. The zero-order valence-electron chi connectivity index (χ0n) is 19.4. The summed E-state index contributed by atoms with van der Waals surface area (Å²) in [6.45, 7) is 9.81. The van der Waals surface area contributed by atoms with Crippen LogP contribution < -0.4 is 10.9 Å². The molecule has 1 aliphatic rings. The molecule has 0 aliphatic heterocycles. The van der Waals surface area contributed by atoms with Crippen molar-refractivity contribution in [3.63, 3.8) is 0 Å². The smallest absolute Gasteiger partial charge is 0.262 e. The van der Waals surface area contributed by atoms with E-state index in [1.807, 2.05) is 18.2 Å². The summed E-state index contributed by atoms with van der Waals surface area (Å²) in [6.07, 6.45) is 3.29. The van der Waals surface area contributed by atoms with E-state index in [0.29, 0.717) is 54.1 Å². The SMILES string of the molecule is CC(C)N(CCn1c(SCC(=O)NC2(C#N)CCCC2)nc2ccccc2c1=O)C(C)C. The van der Waals surface area contributed by atoms with Gasteiger partial charge in [-0.15, -0.1) is 0 Å². The van der Waals surface area contributed by atoms with E-state index >= 15 is 0 Å². The van der Waals surface area contributed by atoms with E-state index in [4.69, 9.17) is 4.98 Å². The minimum absolute atomic E-state index is 0.0877. The Labute approximate surface area is 194 Å². The van der Waals surface area contributed by atoms with Crippen molar-refractivity contribution in [1.82, 2.24) is 19.8 Å². The van der Waals surface area contributed by atoms with Gasteiger partial charge in [-0.05, 0) is 65.5 Å². The van der Waals surface area contributed by atoms with E-state index in [1.54, 1.807) is 10.6 Å². The normalized spacial score (nSPS) is 15.6. The fourth-order valence-electron chi connectivity index (χ4n) is 4.46. The summed E-state index contributed by atoms with van der Waals surface area (Å²) in [6, 6.07) is 10.3. The Morgan fingerprint density at radius 2 is 1.91 bits per heavy atom. The second kappa shape index (κ2) is 10.5. The Kier molecular flexibility index (Phi) is 7.96. The molecule has 0 radical (unpaired) electrons. The van der Waals surface area contributed by atoms with Crippen LogP contribution in [-0.4, -0.2) is 50.3 Å². The van der Waals surface area contributed by atoms with Crippen LogP contribution in [0.1, 0.15) is 53.4 Å². The predicted molar refractivity (Wildman–Crippen MR) is 129 cm³/mol. The van der Waals surface area contributed by atoms with E-state index in [1.165, 1.54) is 11.8 Å². The van der Waals surface area contributed by atoms with Gasteiger partial charge in [0.25, 0.3) is 5.56 Å². The molecule has 7 nitrogen and oxygen atoms in total.